The van der Waals surface area contributed by atoms with Crippen LogP contribution in [0.3, 0.4) is 0 Å². The maximum absolute atomic E-state index is 14.1. The van der Waals surface area contributed by atoms with E-state index in [2.05, 4.69) is 20.9 Å². The lowest BCUT2D eigenvalue weighted by atomic mass is 9.84. The second-order valence-electron chi connectivity index (χ2n) is 9.03. The maximum Gasteiger partial charge on any atom is 0.346 e. The molecule has 34 heavy (non-hydrogen) atoms. The van der Waals surface area contributed by atoms with Crippen molar-refractivity contribution in [1.82, 2.24) is 16.0 Å². The number of fused-ring (bicyclic) bond motifs is 1. The Morgan fingerprint density at radius 2 is 2.00 bits per heavy atom. The van der Waals surface area contributed by atoms with Gasteiger partial charge in [-0.25, -0.2) is 23.1 Å². The lowest BCUT2D eigenvalue weighted by molar-refractivity contribution is -0.622. The van der Waals surface area contributed by atoms with Crippen LogP contribution in [0.1, 0.15) is 27.9 Å². The SMILES string of the molecule is NC1=N[C@H]2C(C(=O)O)NC(N)=[N+]3C[C@H](NC(=O)c4cccc5c4CC(F)(F)CC5)C(O)(O)[C@]23N1. The van der Waals surface area contributed by atoms with Gasteiger partial charge in [0.05, 0.1) is 6.54 Å². The maximum atomic E-state index is 14.1. The number of alkyl halides is 2. The van der Waals surface area contributed by atoms with Crippen LogP contribution in [0.15, 0.2) is 23.2 Å². The van der Waals surface area contributed by atoms with Gasteiger partial charge in [0.15, 0.2) is 18.0 Å². The molecule has 10 N–H and O–H groups in total. The van der Waals surface area contributed by atoms with Crippen LogP contribution in [-0.2, 0) is 17.6 Å². The Labute approximate surface area is 191 Å². The van der Waals surface area contributed by atoms with E-state index in [9.17, 15) is 33.7 Å². The number of hydrogen-bond acceptors (Lipinski definition) is 9. The van der Waals surface area contributed by atoms with E-state index in [-0.39, 0.29) is 42.4 Å². The number of rotatable bonds is 3. The average Bonchev–Trinajstić information content (AvgIpc) is 3.21. The molecule has 1 aromatic rings. The summed E-state index contributed by atoms with van der Waals surface area (Å²) in [4.78, 5) is 29.0. The minimum atomic E-state index is -2.95. The lowest BCUT2D eigenvalue weighted by Crippen LogP contribution is -2.79. The Bertz CT molecular complexity index is 1170. The van der Waals surface area contributed by atoms with Gasteiger partial charge >= 0.3 is 11.9 Å². The van der Waals surface area contributed by atoms with Crippen LogP contribution in [0.4, 0.5) is 8.78 Å². The number of halogens is 2. The molecule has 1 spiro atoms. The van der Waals surface area contributed by atoms with Crippen molar-refractivity contribution in [1.29, 1.82) is 0 Å². The van der Waals surface area contributed by atoms with Gasteiger partial charge in [0.1, 0.15) is 6.04 Å². The van der Waals surface area contributed by atoms with E-state index in [0.29, 0.717) is 5.56 Å². The summed E-state index contributed by atoms with van der Waals surface area (Å²) >= 11 is 0. The third-order valence-corrected chi connectivity index (χ3v) is 7.06. The molecule has 1 aromatic carbocycles. The molecule has 182 valence electrons. The topological polar surface area (TPSA) is 198 Å². The number of amides is 1. The first kappa shape index (κ1) is 22.3. The molecule has 3 heterocycles. The number of carboxylic acids is 1. The van der Waals surface area contributed by atoms with Crippen molar-refractivity contribution in [3.63, 3.8) is 0 Å². The summed E-state index contributed by atoms with van der Waals surface area (Å²) in [7, 11) is 0. The zero-order chi connectivity index (χ0) is 24.6. The molecule has 3 aliphatic heterocycles. The molecular weight excluding hydrogens is 456 g/mol. The van der Waals surface area contributed by atoms with Crippen LogP contribution in [0.5, 0.6) is 0 Å². The standard InChI is InChI=1S/C20H23F2N7O5/c21-18(22)5-4-8-2-1-3-9(10(8)6-18)14(30)25-11-7-29-17(24)26-12(15(31)32)13-19(29,20(11,33)34)28-16(23)27-13/h1-3,11-13,33-34H,4-7H2,(H7,23,24,25,26,27,28,30,31,32)/p+1/t11-,12?,13-,19-/m0/s1. The quantitative estimate of drug-likeness (QED) is 0.164. The summed E-state index contributed by atoms with van der Waals surface area (Å²) in [5, 5.41) is 39.8. The zero-order valence-electron chi connectivity index (χ0n) is 17.8. The number of aliphatic imine (C=N–C) groups is 1. The molecule has 1 saturated heterocycles. The van der Waals surface area contributed by atoms with Gasteiger partial charge in [0.25, 0.3) is 11.8 Å². The monoisotopic (exact) mass is 480 g/mol. The van der Waals surface area contributed by atoms with Crippen molar-refractivity contribution in [2.24, 2.45) is 16.5 Å². The first-order valence-corrected chi connectivity index (χ1v) is 10.6. The van der Waals surface area contributed by atoms with Gasteiger partial charge in [0, 0.05) is 18.4 Å². The Morgan fingerprint density at radius 3 is 2.71 bits per heavy atom. The highest BCUT2D eigenvalue weighted by Gasteiger charge is 2.76. The van der Waals surface area contributed by atoms with Crippen molar-refractivity contribution >= 4 is 23.8 Å². The smallest absolute Gasteiger partial charge is 0.346 e. The van der Waals surface area contributed by atoms with Crippen molar-refractivity contribution in [3.8, 4) is 0 Å². The summed E-state index contributed by atoms with van der Waals surface area (Å²) in [6, 6.07) is 0.476. The van der Waals surface area contributed by atoms with Crippen molar-refractivity contribution in [2.45, 2.75) is 54.8 Å². The number of nitrogens with one attached hydrogen (secondary N) is 3. The van der Waals surface area contributed by atoms with Crippen LogP contribution >= 0.6 is 0 Å². The fraction of sp³-hybridized carbons (Fsp3) is 0.500. The summed E-state index contributed by atoms with van der Waals surface area (Å²) in [5.74, 6) is -8.33. The van der Waals surface area contributed by atoms with Crippen LogP contribution in [0, 0.1) is 0 Å². The molecule has 14 heteroatoms. The molecule has 1 unspecified atom stereocenters. The Morgan fingerprint density at radius 1 is 1.26 bits per heavy atom. The first-order chi connectivity index (χ1) is 15.9. The Balaban J connectivity index is 1.50. The minimum Gasteiger partial charge on any atom is -0.479 e. The van der Waals surface area contributed by atoms with Crippen molar-refractivity contribution < 1.29 is 38.3 Å². The molecule has 1 aliphatic carbocycles. The molecule has 1 amide bonds. The van der Waals surface area contributed by atoms with Crippen LogP contribution in [-0.4, -0.2) is 85.7 Å². The van der Waals surface area contributed by atoms with E-state index in [4.69, 9.17) is 11.5 Å². The number of carboxylic acid groups (broad SMARTS) is 1. The molecule has 0 radical (unpaired) electrons. The molecule has 12 nitrogen and oxygen atoms in total. The van der Waals surface area contributed by atoms with Crippen LogP contribution in [0.25, 0.3) is 0 Å². The molecular formula is C20H24F2N7O5+. The lowest BCUT2D eigenvalue weighted by Gasteiger charge is -2.42. The average molecular weight is 480 g/mol. The van der Waals surface area contributed by atoms with Crippen LogP contribution < -0.4 is 27.4 Å². The van der Waals surface area contributed by atoms with Crippen molar-refractivity contribution in [3.05, 3.63) is 34.9 Å². The number of nitrogens with two attached hydrogens (primary N) is 2. The predicted molar refractivity (Wildman–Crippen MR) is 112 cm³/mol. The number of aliphatic carboxylic acids is 1. The fourth-order valence-corrected chi connectivity index (χ4v) is 5.45. The van der Waals surface area contributed by atoms with Gasteiger partial charge in [-0.3, -0.25) is 15.8 Å². The molecule has 4 atom stereocenters. The van der Waals surface area contributed by atoms with Gasteiger partial charge < -0.3 is 31.7 Å². The van der Waals surface area contributed by atoms with Gasteiger partial charge in [0.2, 0.25) is 11.4 Å². The Hall–Kier alpha value is -3.52. The largest absolute Gasteiger partial charge is 0.479 e. The molecule has 0 aromatic heterocycles. The third-order valence-electron chi connectivity index (χ3n) is 7.06. The van der Waals surface area contributed by atoms with Crippen molar-refractivity contribution in [2.75, 3.05) is 6.54 Å². The summed E-state index contributed by atoms with van der Waals surface area (Å²) in [5.41, 5.74) is 10.6. The zero-order valence-corrected chi connectivity index (χ0v) is 17.8. The van der Waals surface area contributed by atoms with Gasteiger partial charge in [-0.1, -0.05) is 12.1 Å². The van der Waals surface area contributed by atoms with E-state index < -0.39 is 53.8 Å². The summed E-state index contributed by atoms with van der Waals surface area (Å²) < 4.78 is 29.4. The molecule has 0 saturated carbocycles. The number of carbonyl (C=O) groups excluding carboxylic acids is 1. The number of hydrogen-bond donors (Lipinski definition) is 8. The molecule has 1 fully saturated rings. The second-order valence-corrected chi connectivity index (χ2v) is 9.03. The van der Waals surface area contributed by atoms with E-state index in [1.54, 1.807) is 12.1 Å². The number of aliphatic hydroxyl groups is 2. The minimum absolute atomic E-state index is 0.000214. The molecule has 4 aliphatic rings. The number of aryl methyl sites for hydroxylation is 1. The number of carbonyl (C=O) groups is 2. The van der Waals surface area contributed by atoms with Gasteiger partial charge in [-0.05, 0) is 23.6 Å². The highest BCUT2D eigenvalue weighted by molar-refractivity contribution is 5.96. The number of benzene rings is 1. The third kappa shape index (κ3) is 2.94. The number of nitrogens with zero attached hydrogens (tertiary/aromatic N) is 2. The van der Waals surface area contributed by atoms with E-state index in [1.807, 2.05) is 0 Å². The molecule has 0 bridgehead atoms. The number of guanidine groups is 2. The van der Waals surface area contributed by atoms with Gasteiger partial charge in [-0.2, -0.15) is 0 Å². The summed E-state index contributed by atoms with van der Waals surface area (Å²) in [6.07, 6.45) is -0.804. The Kier molecular flexibility index (Phi) is 4.58. The fourth-order valence-electron chi connectivity index (χ4n) is 5.45. The summed E-state index contributed by atoms with van der Waals surface area (Å²) in [6.45, 7) is -0.263. The highest BCUT2D eigenvalue weighted by Crippen LogP contribution is 2.42. The normalized spacial score (nSPS) is 32.5. The molecule has 5 rings (SSSR count). The highest BCUT2D eigenvalue weighted by atomic mass is 19.3. The second kappa shape index (κ2) is 6.99. The van der Waals surface area contributed by atoms with E-state index >= 15 is 0 Å². The van der Waals surface area contributed by atoms with E-state index in [0.717, 1.165) is 0 Å². The van der Waals surface area contributed by atoms with Gasteiger partial charge in [-0.15, -0.1) is 0 Å². The predicted octanol–water partition coefficient (Wildman–Crippen LogP) is -3.03. The van der Waals surface area contributed by atoms with Crippen LogP contribution in [0.2, 0.25) is 0 Å². The first-order valence-electron chi connectivity index (χ1n) is 10.6. The van der Waals surface area contributed by atoms with E-state index in [1.165, 1.54) is 10.6 Å².